The zero-order valence-electron chi connectivity index (χ0n) is 16.9. The minimum Gasteiger partial charge on any atom is -0.334 e. The van der Waals surface area contributed by atoms with Crippen LogP contribution in [-0.2, 0) is 6.54 Å². The SMILES string of the molecule is CSc1cccc(NC(=O)NCc2c(C)nn(-c3ccccc3)c2-n2cccc2)c1. The van der Waals surface area contributed by atoms with Gasteiger partial charge in [0, 0.05) is 28.5 Å². The molecule has 4 rings (SSSR count). The van der Waals surface area contributed by atoms with Gasteiger partial charge in [0.2, 0.25) is 0 Å². The van der Waals surface area contributed by atoms with E-state index in [9.17, 15) is 4.79 Å². The Balaban J connectivity index is 1.58. The molecule has 6 nitrogen and oxygen atoms in total. The van der Waals surface area contributed by atoms with E-state index in [4.69, 9.17) is 5.10 Å². The Kier molecular flexibility index (Phi) is 5.90. The molecule has 0 saturated carbocycles. The maximum atomic E-state index is 12.5. The number of aryl methyl sites for hydroxylation is 1. The molecule has 2 N–H and O–H groups in total. The predicted molar refractivity (Wildman–Crippen MR) is 122 cm³/mol. The number of urea groups is 1. The van der Waals surface area contributed by atoms with Gasteiger partial charge >= 0.3 is 6.03 Å². The molecule has 0 aliphatic heterocycles. The molecule has 0 radical (unpaired) electrons. The minimum atomic E-state index is -0.251. The predicted octanol–water partition coefficient (Wildman–Crippen LogP) is 5.02. The molecule has 0 aliphatic rings. The lowest BCUT2D eigenvalue weighted by atomic mass is 10.2. The molecule has 30 heavy (non-hydrogen) atoms. The summed E-state index contributed by atoms with van der Waals surface area (Å²) in [5.41, 5.74) is 3.56. The number of rotatable bonds is 6. The second-order valence-electron chi connectivity index (χ2n) is 6.76. The van der Waals surface area contributed by atoms with E-state index in [-0.39, 0.29) is 6.03 Å². The third kappa shape index (κ3) is 4.26. The molecule has 2 amide bonds. The molecule has 0 spiro atoms. The van der Waals surface area contributed by atoms with Gasteiger partial charge in [-0.3, -0.25) is 0 Å². The Morgan fingerprint density at radius 1 is 1.03 bits per heavy atom. The third-order valence-electron chi connectivity index (χ3n) is 4.76. The van der Waals surface area contributed by atoms with E-state index in [0.717, 1.165) is 33.3 Å². The standard InChI is InChI=1S/C23H23N5OS/c1-17-21(16-24-23(29)25-18-9-8-12-20(15-18)30-2)22(27-13-6-7-14-27)28(26-17)19-10-4-3-5-11-19/h3-15H,16H2,1-2H3,(H2,24,25,29). The van der Waals surface area contributed by atoms with Crippen molar-refractivity contribution in [2.45, 2.75) is 18.4 Å². The Hall–Kier alpha value is -3.45. The minimum absolute atomic E-state index is 0.251. The Labute approximate surface area is 179 Å². The number of amides is 2. The highest BCUT2D eigenvalue weighted by molar-refractivity contribution is 7.98. The van der Waals surface area contributed by atoms with Crippen LogP contribution in [0.5, 0.6) is 0 Å². The normalized spacial score (nSPS) is 10.7. The van der Waals surface area contributed by atoms with E-state index >= 15 is 0 Å². The molecule has 0 saturated heterocycles. The molecule has 0 fully saturated rings. The van der Waals surface area contributed by atoms with Gasteiger partial charge in [-0.1, -0.05) is 24.3 Å². The van der Waals surface area contributed by atoms with Crippen molar-refractivity contribution in [3.8, 4) is 11.5 Å². The number of benzene rings is 2. The number of thioether (sulfide) groups is 1. The van der Waals surface area contributed by atoms with Crippen LogP contribution in [-0.4, -0.2) is 26.6 Å². The number of hydrogen-bond donors (Lipinski definition) is 2. The lowest BCUT2D eigenvalue weighted by molar-refractivity contribution is 0.251. The number of para-hydroxylation sites is 1. The quantitative estimate of drug-likeness (QED) is 0.433. The molecule has 152 valence electrons. The van der Waals surface area contributed by atoms with E-state index in [1.165, 1.54) is 0 Å². The van der Waals surface area contributed by atoms with Crippen LogP contribution < -0.4 is 10.6 Å². The van der Waals surface area contributed by atoms with Crippen molar-refractivity contribution in [1.29, 1.82) is 0 Å². The maximum absolute atomic E-state index is 12.5. The highest BCUT2D eigenvalue weighted by Gasteiger charge is 2.18. The monoisotopic (exact) mass is 417 g/mol. The van der Waals surface area contributed by atoms with E-state index in [2.05, 4.69) is 10.6 Å². The second-order valence-corrected chi connectivity index (χ2v) is 7.64. The van der Waals surface area contributed by atoms with Crippen molar-refractivity contribution in [3.05, 3.63) is 90.4 Å². The first-order valence-electron chi connectivity index (χ1n) is 9.62. The van der Waals surface area contributed by atoms with E-state index in [0.29, 0.717) is 6.54 Å². The summed E-state index contributed by atoms with van der Waals surface area (Å²) in [4.78, 5) is 13.6. The van der Waals surface area contributed by atoms with Crippen LogP contribution >= 0.6 is 11.8 Å². The summed E-state index contributed by atoms with van der Waals surface area (Å²) in [5.74, 6) is 0.911. The van der Waals surface area contributed by atoms with Gasteiger partial charge in [-0.25, -0.2) is 9.48 Å². The summed E-state index contributed by atoms with van der Waals surface area (Å²) >= 11 is 1.64. The molecular weight excluding hydrogens is 394 g/mol. The van der Waals surface area contributed by atoms with Crippen molar-refractivity contribution in [2.24, 2.45) is 0 Å². The second kappa shape index (κ2) is 8.92. The summed E-state index contributed by atoms with van der Waals surface area (Å²) in [6.07, 6.45) is 5.97. The van der Waals surface area contributed by atoms with Crippen molar-refractivity contribution in [3.63, 3.8) is 0 Å². The third-order valence-corrected chi connectivity index (χ3v) is 5.49. The van der Waals surface area contributed by atoms with Gasteiger partial charge in [-0.15, -0.1) is 11.8 Å². The van der Waals surface area contributed by atoms with Crippen LogP contribution in [0, 0.1) is 6.92 Å². The number of carbonyl (C=O) groups is 1. The van der Waals surface area contributed by atoms with Crippen LogP contribution in [0.15, 0.2) is 84.0 Å². The number of aromatic nitrogens is 3. The smallest absolute Gasteiger partial charge is 0.319 e. The van der Waals surface area contributed by atoms with Gasteiger partial charge in [-0.2, -0.15) is 5.10 Å². The number of carbonyl (C=O) groups excluding carboxylic acids is 1. The Bertz CT molecular complexity index is 1140. The first-order valence-corrected chi connectivity index (χ1v) is 10.8. The first-order chi connectivity index (χ1) is 14.7. The summed E-state index contributed by atoms with van der Waals surface area (Å²) < 4.78 is 3.93. The highest BCUT2D eigenvalue weighted by atomic mass is 32.2. The topological polar surface area (TPSA) is 63.9 Å². The van der Waals surface area contributed by atoms with E-state index in [1.807, 2.05) is 102 Å². The molecule has 0 bridgehead atoms. The lowest BCUT2D eigenvalue weighted by Crippen LogP contribution is -2.28. The van der Waals surface area contributed by atoms with Crippen LogP contribution in [0.4, 0.5) is 10.5 Å². The van der Waals surface area contributed by atoms with Gasteiger partial charge in [-0.05, 0) is 55.6 Å². The fraction of sp³-hybridized carbons (Fsp3) is 0.130. The largest absolute Gasteiger partial charge is 0.334 e. The van der Waals surface area contributed by atoms with Gasteiger partial charge in [0.25, 0.3) is 0 Å². The Morgan fingerprint density at radius 3 is 2.53 bits per heavy atom. The molecule has 2 heterocycles. The van der Waals surface area contributed by atoms with Crippen molar-refractivity contribution in [1.82, 2.24) is 19.7 Å². The van der Waals surface area contributed by atoms with E-state index in [1.54, 1.807) is 11.8 Å². The summed E-state index contributed by atoms with van der Waals surface area (Å²) in [5, 5.41) is 10.6. The lowest BCUT2D eigenvalue weighted by Gasteiger charge is -2.12. The zero-order valence-corrected chi connectivity index (χ0v) is 17.7. The molecule has 0 aliphatic carbocycles. The first kappa shape index (κ1) is 19.8. The number of nitrogens with one attached hydrogen (secondary N) is 2. The average molecular weight is 418 g/mol. The fourth-order valence-corrected chi connectivity index (χ4v) is 3.75. The summed E-state index contributed by atoms with van der Waals surface area (Å²) in [7, 11) is 0. The average Bonchev–Trinajstić information content (AvgIpc) is 3.40. The van der Waals surface area contributed by atoms with Gasteiger partial charge < -0.3 is 15.2 Å². The van der Waals surface area contributed by atoms with Crippen molar-refractivity contribution >= 4 is 23.5 Å². The molecule has 0 atom stereocenters. The molecule has 0 unspecified atom stereocenters. The molecular formula is C23H23N5OS. The van der Waals surface area contributed by atoms with Crippen LogP contribution in [0.25, 0.3) is 11.5 Å². The number of nitrogens with zero attached hydrogens (tertiary/aromatic N) is 3. The molecule has 7 heteroatoms. The maximum Gasteiger partial charge on any atom is 0.319 e. The van der Waals surface area contributed by atoms with Gasteiger partial charge in [0.1, 0.15) is 5.82 Å². The summed E-state index contributed by atoms with van der Waals surface area (Å²) in [6.45, 7) is 2.32. The van der Waals surface area contributed by atoms with Crippen molar-refractivity contribution < 1.29 is 4.79 Å². The van der Waals surface area contributed by atoms with Gasteiger partial charge in [0.05, 0.1) is 17.9 Å². The van der Waals surface area contributed by atoms with Crippen molar-refractivity contribution in [2.75, 3.05) is 11.6 Å². The highest BCUT2D eigenvalue weighted by Crippen LogP contribution is 2.23. The number of anilines is 1. The van der Waals surface area contributed by atoms with Crippen LogP contribution in [0.3, 0.4) is 0 Å². The van der Waals surface area contributed by atoms with E-state index < -0.39 is 0 Å². The molecule has 4 aromatic rings. The molecule has 2 aromatic heterocycles. The Morgan fingerprint density at radius 2 is 1.80 bits per heavy atom. The number of hydrogen-bond acceptors (Lipinski definition) is 3. The molecule has 2 aromatic carbocycles. The van der Waals surface area contributed by atoms with Crippen LogP contribution in [0.1, 0.15) is 11.3 Å². The zero-order chi connectivity index (χ0) is 20.9. The fourth-order valence-electron chi connectivity index (χ4n) is 3.29. The van der Waals surface area contributed by atoms with Gasteiger partial charge in [0.15, 0.2) is 0 Å². The van der Waals surface area contributed by atoms with Crippen LogP contribution in [0.2, 0.25) is 0 Å². The summed E-state index contributed by atoms with van der Waals surface area (Å²) in [6, 6.07) is 21.5.